The molecule has 0 aliphatic rings. The average molecular weight is 2230 g/mol. The number of nitrogens with one attached hydrogen (secondary N) is 4. The Kier molecular flexibility index (Phi) is 131. The van der Waals surface area contributed by atoms with E-state index in [0.29, 0.717) is 49.9 Å². The minimum atomic E-state index is -0.248. The Bertz CT molecular complexity index is 1200. The van der Waals surface area contributed by atoms with E-state index < -0.39 is 0 Å². The molecule has 0 aliphatic heterocycles. The van der Waals surface area contributed by atoms with E-state index in [-0.39, 0.29) is 404 Å². The van der Waals surface area contributed by atoms with Crippen LogP contribution in [0.2, 0.25) is 0 Å². The maximum atomic E-state index is 9.65. The van der Waals surface area contributed by atoms with E-state index in [9.17, 15) is 35.7 Å². The largest absolute Gasteiger partial charge is 0.392 e. The van der Waals surface area contributed by atoms with Crippen molar-refractivity contribution in [3.8, 4) is 0 Å². The summed E-state index contributed by atoms with van der Waals surface area (Å²) in [5, 5.41) is 86.8. The maximum Gasteiger partial charge on any atom is 0.0715 e. The van der Waals surface area contributed by atoms with E-state index in [1.165, 1.54) is 0 Å². The van der Waals surface area contributed by atoms with Crippen molar-refractivity contribution in [2.24, 2.45) is 45.3 Å². The number of aliphatic hydroxyl groups excluding tert-OH is 8. The van der Waals surface area contributed by atoms with Gasteiger partial charge in [0.2, 0.25) is 0 Å². The van der Waals surface area contributed by atoms with Crippen LogP contribution in [0.25, 0.3) is 0 Å². The van der Waals surface area contributed by atoms with Crippen LogP contribution in [-0.4, -0.2) is 244 Å². The molecule has 0 heterocycles. The molecule has 0 aromatic carbocycles. The Balaban J connectivity index is -0.0000000444. The summed E-state index contributed by atoms with van der Waals surface area (Å²) in [6.45, 7) is 58.6. The minimum Gasteiger partial charge on any atom is -0.392 e. The zero-order valence-corrected chi connectivity index (χ0v) is 85.9. The van der Waals surface area contributed by atoms with Crippen molar-refractivity contribution in [1.29, 1.82) is 0 Å². The molecule has 0 saturated carbocycles. The molecule has 8 atom stereocenters. The third-order valence-corrected chi connectivity index (χ3v) is 12.2. The van der Waals surface area contributed by atoms with Gasteiger partial charge in [-0.25, -0.2) is 0 Å². The standard InChI is InChI=1S/C9H21NO.3C8H19NO.3C7H17NO.C6H15NO.8Ce/c1-6-10(5)7-8(11)9(2,3)4;1-8(2,3)7(10)6-9(4)5;1-5-9-6-7(10)8(2,3)4;1-5-9(4)6-8(10)7(2)3;1-7(2,3)6(9)5-8-4;1-6(2)7(9)5-8(3)4;1-4-8-5-7(9)6(2)3;1-5(2)6(8)4-7-3;;;;;;;;/h8,11H,6-7H2,1-5H3;7,10H,6H2,1-5H3;7,9-10H,5-6H2,1-4H3;7-8,10H,5-6H2,1-4H3;6,8-9H,5H2,1-4H3;6-7,9H,5H2,1-4H3;6-9H,4-5H2,1-3H3;5-8H,4H2,1-3H3;;;;;;;;. The number of hydrogen-bond acceptors (Lipinski definition) is 16. The van der Waals surface area contributed by atoms with Gasteiger partial charge in [-0.1, -0.05) is 166 Å². The molecule has 12 N–H and O–H groups in total. The summed E-state index contributed by atoms with van der Waals surface area (Å²) < 4.78 is 0. The zero-order valence-electron chi connectivity index (χ0n) is 60.8. The van der Waals surface area contributed by atoms with E-state index in [1.54, 1.807) is 0 Å². The van der Waals surface area contributed by atoms with Gasteiger partial charge in [-0.2, -0.15) is 0 Å². The monoisotopic (exact) mass is 2220 g/mol. The van der Waals surface area contributed by atoms with Crippen LogP contribution in [0, 0.1) is 379 Å². The Morgan fingerprint density at radius 2 is 0.548 bits per heavy atom. The SMILES string of the molecule is CC(C)C(O)CN(C)C.CCN(C)CC(O)C(C)(C)C.CCN(C)CC(O)C(C)C.CCNCC(O)C(C)(C)C.CCNCC(O)C(C)C.CN(C)CC(O)C(C)(C)C.CNCC(O)C(C)(C)C.CNCC(O)C(C)C.[Ce].[Ce].[Ce].[Ce].[Ce].[Ce].[Ce].[Ce]. The summed E-state index contributed by atoms with van der Waals surface area (Å²) in [6, 6.07) is 0. The summed E-state index contributed by atoms with van der Waals surface area (Å²) in [5.74, 6) is 1.47. The maximum absolute atomic E-state index is 9.65. The molecule has 0 saturated heterocycles. The van der Waals surface area contributed by atoms with Crippen molar-refractivity contribution in [1.82, 2.24) is 40.9 Å². The van der Waals surface area contributed by atoms with Gasteiger partial charge in [-0.15, -0.1) is 0 Å². The quantitative estimate of drug-likeness (QED) is 0.0512. The van der Waals surface area contributed by atoms with E-state index in [4.69, 9.17) is 5.11 Å². The molecule has 0 bridgehead atoms. The molecule has 84 heavy (non-hydrogen) atoms. The fourth-order valence-corrected chi connectivity index (χ4v) is 4.62. The molecule has 0 fully saturated rings. The first kappa shape index (κ1) is 134. The average Bonchev–Trinajstić information content (AvgIpc) is 3.27. The van der Waals surface area contributed by atoms with Gasteiger partial charge in [0.05, 0.1) is 48.8 Å². The topological polar surface area (TPSA) is 223 Å². The second-order valence-electron chi connectivity index (χ2n) is 26.7. The van der Waals surface area contributed by atoms with Gasteiger partial charge in [0, 0.05) is 386 Å². The predicted octanol–water partition coefficient (Wildman–Crippen LogP) is 6.27. The van der Waals surface area contributed by atoms with Gasteiger partial charge < -0.3 is 81.7 Å². The Hall–Kier alpha value is 10.4. The van der Waals surface area contributed by atoms with Crippen molar-refractivity contribution in [3.63, 3.8) is 0 Å². The van der Waals surface area contributed by atoms with Crippen molar-refractivity contribution in [2.75, 3.05) is 135 Å². The summed E-state index contributed by atoms with van der Waals surface area (Å²) in [6.07, 6.45) is -1.69. The second kappa shape index (κ2) is 82.3. The van der Waals surface area contributed by atoms with Crippen LogP contribution in [0.3, 0.4) is 0 Å². The second-order valence-corrected chi connectivity index (χ2v) is 26.7. The fraction of sp³-hybridized carbons (Fsp3) is 1.00. The molecule has 0 aromatic heterocycles. The Morgan fingerprint density at radius 1 is 0.310 bits per heavy atom. The van der Waals surface area contributed by atoms with Crippen molar-refractivity contribution < 1.29 is 375 Å². The molecule has 0 amide bonds. The number of nitrogens with zero attached hydrogens (tertiary/aromatic N) is 4. The van der Waals surface area contributed by atoms with Crippen LogP contribution in [0.4, 0.5) is 0 Å². The van der Waals surface area contributed by atoms with Crippen LogP contribution < -0.4 is 21.3 Å². The van der Waals surface area contributed by atoms with E-state index in [2.05, 4.69) is 65.7 Å². The third kappa shape index (κ3) is 108. The first-order valence-corrected chi connectivity index (χ1v) is 29.0. The fourth-order valence-electron chi connectivity index (χ4n) is 4.62. The predicted molar refractivity (Wildman–Crippen MR) is 334 cm³/mol. The summed E-state index contributed by atoms with van der Waals surface area (Å²) in [4.78, 5) is 8.22. The van der Waals surface area contributed by atoms with Gasteiger partial charge in [0.1, 0.15) is 0 Å². The Labute approximate surface area is 794 Å². The molecule has 16 nitrogen and oxygen atoms in total. The third-order valence-electron chi connectivity index (χ3n) is 12.2. The number of aliphatic hydroxyl groups is 8. The number of rotatable bonds is 24. The van der Waals surface area contributed by atoms with Gasteiger partial charge in [0.15, 0.2) is 0 Å². The molecule has 0 rings (SSSR count). The van der Waals surface area contributed by atoms with Gasteiger partial charge in [-0.05, 0) is 128 Å². The van der Waals surface area contributed by atoms with Crippen molar-refractivity contribution in [3.05, 3.63) is 0 Å². The molecule has 0 aromatic rings. The summed E-state index contributed by atoms with van der Waals surface area (Å²) in [7, 11) is 15.6. The van der Waals surface area contributed by atoms with Crippen LogP contribution in [0.15, 0.2) is 0 Å². The van der Waals surface area contributed by atoms with Crippen molar-refractivity contribution >= 4 is 0 Å². The van der Waals surface area contributed by atoms with Crippen LogP contribution >= 0.6 is 0 Å². The first-order chi connectivity index (χ1) is 34.1. The summed E-state index contributed by atoms with van der Waals surface area (Å²) in [5.41, 5.74) is 0.0128. The molecule has 0 radical (unpaired) electrons. The van der Waals surface area contributed by atoms with Gasteiger partial charge in [0.25, 0.3) is 0 Å². The van der Waals surface area contributed by atoms with Crippen LogP contribution in [-0.2, 0) is 0 Å². The molecular weight excluding hydrogens is 2080 g/mol. The molecular formula is C60H144Ce8N8O8. The molecule has 24 heteroatoms. The molecule has 0 spiro atoms. The van der Waals surface area contributed by atoms with Crippen molar-refractivity contribution in [2.45, 2.75) is 215 Å². The number of likely N-dealkylation sites (N-methyl/N-ethyl adjacent to an activating group) is 8. The smallest absolute Gasteiger partial charge is 0.0715 e. The van der Waals surface area contributed by atoms with E-state index in [1.807, 2.05) is 198 Å². The minimum absolute atomic E-state index is 0. The first-order valence-electron chi connectivity index (χ1n) is 29.0. The van der Waals surface area contributed by atoms with Crippen LogP contribution in [0.1, 0.15) is 166 Å². The normalized spacial score (nSPS) is 13.7. The van der Waals surface area contributed by atoms with Gasteiger partial charge >= 0.3 is 0 Å². The molecule has 504 valence electrons. The van der Waals surface area contributed by atoms with Crippen LogP contribution in [0.5, 0.6) is 0 Å². The van der Waals surface area contributed by atoms with E-state index >= 15 is 0 Å². The number of hydrogen-bond donors (Lipinski definition) is 12. The molecule has 8 unspecified atom stereocenters. The Morgan fingerprint density at radius 3 is 0.738 bits per heavy atom. The zero-order chi connectivity index (χ0) is 62.6. The summed E-state index contributed by atoms with van der Waals surface area (Å²) >= 11 is 0. The molecule has 0 aliphatic carbocycles. The van der Waals surface area contributed by atoms with Gasteiger partial charge in [-0.3, -0.25) is 0 Å². The van der Waals surface area contributed by atoms with E-state index in [0.717, 1.165) is 52.4 Å².